The number of benzene rings is 2. The fourth-order valence-electron chi connectivity index (χ4n) is 2.29. The SMILES string of the molecule is FC(F)(F)c1ccccc1/C=C/c1nnc(Cc2cccc(Br)c2)o1. The third-order valence-electron chi connectivity index (χ3n) is 3.40. The van der Waals surface area contributed by atoms with Gasteiger partial charge in [0.15, 0.2) is 0 Å². The van der Waals surface area contributed by atoms with E-state index in [1.54, 1.807) is 6.07 Å². The highest BCUT2D eigenvalue weighted by molar-refractivity contribution is 9.10. The van der Waals surface area contributed by atoms with Gasteiger partial charge in [-0.1, -0.05) is 46.3 Å². The molecule has 3 aromatic rings. The molecule has 0 atom stereocenters. The molecule has 0 N–H and O–H groups in total. The molecule has 1 aromatic heterocycles. The molecule has 3 rings (SSSR count). The third-order valence-corrected chi connectivity index (χ3v) is 3.89. The first kappa shape index (κ1) is 17.4. The summed E-state index contributed by atoms with van der Waals surface area (Å²) in [5.41, 5.74) is 0.317. The Kier molecular flexibility index (Phi) is 5.03. The second-order valence-electron chi connectivity index (χ2n) is 5.26. The summed E-state index contributed by atoms with van der Waals surface area (Å²) in [4.78, 5) is 0. The molecule has 0 aliphatic rings. The number of nitrogens with zero attached hydrogens (tertiary/aromatic N) is 2. The topological polar surface area (TPSA) is 38.9 Å². The predicted octanol–water partition coefficient (Wildman–Crippen LogP) is 5.61. The highest BCUT2D eigenvalue weighted by Gasteiger charge is 2.32. The minimum Gasteiger partial charge on any atom is -0.421 e. The zero-order valence-electron chi connectivity index (χ0n) is 12.8. The van der Waals surface area contributed by atoms with Crippen molar-refractivity contribution in [2.75, 3.05) is 0 Å². The minimum absolute atomic E-state index is 0.0433. The van der Waals surface area contributed by atoms with E-state index in [1.807, 2.05) is 24.3 Å². The molecule has 0 fully saturated rings. The average molecular weight is 409 g/mol. The fourth-order valence-corrected chi connectivity index (χ4v) is 2.74. The molecule has 3 nitrogen and oxygen atoms in total. The predicted molar refractivity (Wildman–Crippen MR) is 91.6 cm³/mol. The van der Waals surface area contributed by atoms with Gasteiger partial charge in [0.05, 0.1) is 12.0 Å². The zero-order valence-corrected chi connectivity index (χ0v) is 14.4. The van der Waals surface area contributed by atoms with Crippen LogP contribution in [0.3, 0.4) is 0 Å². The third kappa shape index (κ3) is 4.57. The van der Waals surface area contributed by atoms with Crippen LogP contribution in [0.5, 0.6) is 0 Å². The Morgan fingerprint density at radius 3 is 2.56 bits per heavy atom. The molecule has 0 radical (unpaired) electrons. The lowest BCUT2D eigenvalue weighted by Crippen LogP contribution is -2.06. The van der Waals surface area contributed by atoms with E-state index in [1.165, 1.54) is 24.3 Å². The molecule has 0 aliphatic carbocycles. The van der Waals surface area contributed by atoms with Crippen molar-refractivity contribution in [3.63, 3.8) is 0 Å². The van der Waals surface area contributed by atoms with Crippen molar-refractivity contribution >= 4 is 28.1 Å². The molecule has 1 heterocycles. The van der Waals surface area contributed by atoms with Gasteiger partial charge >= 0.3 is 6.18 Å². The van der Waals surface area contributed by atoms with E-state index >= 15 is 0 Å². The van der Waals surface area contributed by atoms with E-state index in [0.717, 1.165) is 16.1 Å². The van der Waals surface area contributed by atoms with Gasteiger partial charge in [0.25, 0.3) is 0 Å². The van der Waals surface area contributed by atoms with Crippen LogP contribution in [0.1, 0.15) is 28.5 Å². The largest absolute Gasteiger partial charge is 0.421 e. The zero-order chi connectivity index (χ0) is 17.9. The summed E-state index contributed by atoms with van der Waals surface area (Å²) in [5.74, 6) is 0.545. The Morgan fingerprint density at radius 1 is 1.00 bits per heavy atom. The van der Waals surface area contributed by atoms with E-state index in [0.29, 0.717) is 12.3 Å². The molecule has 7 heteroatoms. The summed E-state index contributed by atoms with van der Waals surface area (Å²) in [6, 6.07) is 13.0. The van der Waals surface area contributed by atoms with Crippen LogP contribution in [-0.2, 0) is 12.6 Å². The molecule has 25 heavy (non-hydrogen) atoms. The lowest BCUT2D eigenvalue weighted by molar-refractivity contribution is -0.137. The van der Waals surface area contributed by atoms with Crippen molar-refractivity contribution in [3.05, 3.63) is 81.5 Å². The van der Waals surface area contributed by atoms with Crippen LogP contribution in [0.2, 0.25) is 0 Å². The normalized spacial score (nSPS) is 12.0. The highest BCUT2D eigenvalue weighted by atomic mass is 79.9. The molecule has 0 bridgehead atoms. The number of aromatic nitrogens is 2. The van der Waals surface area contributed by atoms with Crippen molar-refractivity contribution in [2.24, 2.45) is 0 Å². The van der Waals surface area contributed by atoms with Crippen molar-refractivity contribution in [3.8, 4) is 0 Å². The van der Waals surface area contributed by atoms with E-state index < -0.39 is 11.7 Å². The first-order valence-corrected chi connectivity index (χ1v) is 8.12. The van der Waals surface area contributed by atoms with Gasteiger partial charge in [-0.3, -0.25) is 0 Å². The van der Waals surface area contributed by atoms with Gasteiger partial charge in [0.2, 0.25) is 11.8 Å². The van der Waals surface area contributed by atoms with Crippen LogP contribution >= 0.6 is 15.9 Å². The summed E-state index contributed by atoms with van der Waals surface area (Å²) in [6.45, 7) is 0. The van der Waals surface area contributed by atoms with Crippen LogP contribution in [-0.4, -0.2) is 10.2 Å². The number of hydrogen-bond donors (Lipinski definition) is 0. The summed E-state index contributed by atoms with van der Waals surface area (Å²) >= 11 is 3.38. The monoisotopic (exact) mass is 408 g/mol. The second-order valence-corrected chi connectivity index (χ2v) is 6.17. The number of rotatable bonds is 4. The highest BCUT2D eigenvalue weighted by Crippen LogP contribution is 2.32. The summed E-state index contributed by atoms with van der Waals surface area (Å²) < 4.78 is 45.3. The summed E-state index contributed by atoms with van der Waals surface area (Å²) in [7, 11) is 0. The molecule has 0 spiro atoms. The van der Waals surface area contributed by atoms with E-state index in [2.05, 4.69) is 26.1 Å². The van der Waals surface area contributed by atoms with Crippen LogP contribution < -0.4 is 0 Å². The van der Waals surface area contributed by atoms with Crippen molar-refractivity contribution in [1.29, 1.82) is 0 Å². The lowest BCUT2D eigenvalue weighted by Gasteiger charge is -2.09. The smallest absolute Gasteiger partial charge is 0.416 e. The first-order chi connectivity index (χ1) is 11.9. The minimum atomic E-state index is -4.42. The standard InChI is InChI=1S/C18H12BrF3N2O/c19-14-6-3-4-12(10-14)11-17-24-23-16(25-17)9-8-13-5-1-2-7-15(13)18(20,21)22/h1-10H,11H2/b9-8+. The summed E-state index contributed by atoms with van der Waals surface area (Å²) in [5, 5.41) is 7.76. The van der Waals surface area contributed by atoms with Crippen molar-refractivity contribution in [1.82, 2.24) is 10.2 Å². The van der Waals surface area contributed by atoms with Gasteiger partial charge in [0.1, 0.15) is 0 Å². The van der Waals surface area contributed by atoms with Crippen molar-refractivity contribution < 1.29 is 17.6 Å². The van der Waals surface area contributed by atoms with E-state index in [9.17, 15) is 13.2 Å². The first-order valence-electron chi connectivity index (χ1n) is 7.33. The summed E-state index contributed by atoms with van der Waals surface area (Å²) in [6.07, 6.45) is -1.28. The molecule has 0 saturated carbocycles. The van der Waals surface area contributed by atoms with E-state index in [-0.39, 0.29) is 11.5 Å². The van der Waals surface area contributed by atoms with Crippen LogP contribution in [0.4, 0.5) is 13.2 Å². The Labute approximate surface area is 150 Å². The van der Waals surface area contributed by atoms with Crippen LogP contribution in [0, 0.1) is 0 Å². The molecule has 2 aromatic carbocycles. The van der Waals surface area contributed by atoms with Gasteiger partial charge in [-0.2, -0.15) is 13.2 Å². The lowest BCUT2D eigenvalue weighted by atomic mass is 10.1. The molecule has 0 saturated heterocycles. The number of hydrogen-bond acceptors (Lipinski definition) is 3. The van der Waals surface area contributed by atoms with Gasteiger partial charge in [0, 0.05) is 10.5 Å². The van der Waals surface area contributed by atoms with Crippen LogP contribution in [0.25, 0.3) is 12.2 Å². The molecular formula is C18H12BrF3N2O. The van der Waals surface area contributed by atoms with Gasteiger partial charge < -0.3 is 4.42 Å². The molecule has 128 valence electrons. The number of alkyl halides is 3. The van der Waals surface area contributed by atoms with Crippen LogP contribution in [0.15, 0.2) is 57.4 Å². The van der Waals surface area contributed by atoms with Gasteiger partial charge in [-0.15, -0.1) is 10.2 Å². The fraction of sp³-hybridized carbons (Fsp3) is 0.111. The quantitative estimate of drug-likeness (QED) is 0.562. The Morgan fingerprint density at radius 2 is 1.80 bits per heavy atom. The molecule has 0 aliphatic heterocycles. The Hall–Kier alpha value is -2.41. The van der Waals surface area contributed by atoms with Gasteiger partial charge in [-0.25, -0.2) is 0 Å². The van der Waals surface area contributed by atoms with E-state index in [4.69, 9.17) is 4.42 Å². The Balaban J connectivity index is 1.77. The number of halogens is 4. The maximum absolute atomic E-state index is 13.0. The van der Waals surface area contributed by atoms with Crippen molar-refractivity contribution in [2.45, 2.75) is 12.6 Å². The Bertz CT molecular complexity index is 903. The average Bonchev–Trinajstić information content (AvgIpc) is 3.00. The maximum atomic E-state index is 13.0. The second kappa shape index (κ2) is 7.23. The molecule has 0 amide bonds. The molecular weight excluding hydrogens is 397 g/mol. The maximum Gasteiger partial charge on any atom is 0.416 e. The molecule has 0 unspecified atom stereocenters. The van der Waals surface area contributed by atoms with Gasteiger partial charge in [-0.05, 0) is 35.4 Å².